The molecule has 1 N–H and O–H groups in total. The van der Waals surface area contributed by atoms with Crippen LogP contribution < -0.4 is 10.9 Å². The van der Waals surface area contributed by atoms with Crippen LogP contribution >= 0.6 is 11.8 Å². The maximum absolute atomic E-state index is 12.9. The molecule has 136 valence electrons. The fourth-order valence-electron chi connectivity index (χ4n) is 2.66. The van der Waals surface area contributed by atoms with E-state index >= 15 is 0 Å². The molecule has 0 radical (unpaired) electrons. The highest BCUT2D eigenvalue weighted by molar-refractivity contribution is 8.00. The molecule has 0 aliphatic rings. The summed E-state index contributed by atoms with van der Waals surface area (Å²) in [6, 6.07) is 7.40. The molecule has 0 saturated heterocycles. The maximum Gasteiger partial charge on any atom is 0.262 e. The lowest BCUT2D eigenvalue weighted by molar-refractivity contribution is -0.120. The monoisotopic (exact) mass is 361 g/mol. The highest BCUT2D eigenvalue weighted by atomic mass is 32.2. The zero-order valence-corrected chi connectivity index (χ0v) is 16.1. The first-order valence-electron chi connectivity index (χ1n) is 9.02. The zero-order valence-electron chi connectivity index (χ0n) is 15.2. The minimum atomic E-state index is -0.296. The number of fused-ring (bicyclic) bond motifs is 1. The Morgan fingerprint density at radius 3 is 2.72 bits per heavy atom. The third-order valence-electron chi connectivity index (χ3n) is 4.06. The first kappa shape index (κ1) is 19.5. The Labute approximate surface area is 153 Å². The first-order valence-corrected chi connectivity index (χ1v) is 9.90. The third-order valence-corrected chi connectivity index (χ3v) is 5.15. The van der Waals surface area contributed by atoms with Crippen molar-refractivity contribution in [1.29, 1.82) is 0 Å². The second kappa shape index (κ2) is 9.61. The number of carbonyl (C=O) groups is 1. The highest BCUT2D eigenvalue weighted by Gasteiger charge is 2.18. The molecule has 1 aromatic heterocycles. The van der Waals surface area contributed by atoms with Crippen LogP contribution in [0.4, 0.5) is 0 Å². The molecular weight excluding hydrogens is 334 g/mol. The molecule has 2 aromatic rings. The molecule has 1 unspecified atom stereocenters. The lowest BCUT2D eigenvalue weighted by Crippen LogP contribution is -2.31. The lowest BCUT2D eigenvalue weighted by Gasteiger charge is -2.16. The Bertz CT molecular complexity index is 773. The van der Waals surface area contributed by atoms with E-state index in [1.54, 1.807) is 4.57 Å². The normalized spacial score (nSPS) is 12.3. The van der Waals surface area contributed by atoms with Crippen molar-refractivity contribution in [2.45, 2.75) is 63.4 Å². The molecule has 0 aliphatic carbocycles. The number of nitrogens with one attached hydrogen (secondary N) is 1. The van der Waals surface area contributed by atoms with Crippen LogP contribution in [0.25, 0.3) is 10.9 Å². The summed E-state index contributed by atoms with van der Waals surface area (Å²) >= 11 is 1.35. The van der Waals surface area contributed by atoms with Crippen molar-refractivity contribution in [2.75, 3.05) is 6.54 Å². The highest BCUT2D eigenvalue weighted by Crippen LogP contribution is 2.23. The summed E-state index contributed by atoms with van der Waals surface area (Å²) in [5, 5.41) is 3.78. The van der Waals surface area contributed by atoms with Gasteiger partial charge in [0.1, 0.15) is 0 Å². The molecule has 0 saturated carbocycles. The quantitative estimate of drug-likeness (QED) is 0.421. The second-order valence-corrected chi connectivity index (χ2v) is 7.39. The van der Waals surface area contributed by atoms with E-state index in [-0.39, 0.29) is 16.7 Å². The third kappa shape index (κ3) is 5.08. The van der Waals surface area contributed by atoms with E-state index in [1.165, 1.54) is 11.8 Å². The summed E-state index contributed by atoms with van der Waals surface area (Å²) < 4.78 is 1.73. The number of benzene rings is 1. The van der Waals surface area contributed by atoms with Gasteiger partial charge < -0.3 is 5.32 Å². The molecule has 0 bridgehead atoms. The summed E-state index contributed by atoms with van der Waals surface area (Å²) in [5.74, 6) is -0.0348. The van der Waals surface area contributed by atoms with Crippen LogP contribution in [0.1, 0.15) is 46.5 Å². The van der Waals surface area contributed by atoms with Gasteiger partial charge in [0.15, 0.2) is 5.16 Å². The van der Waals surface area contributed by atoms with Gasteiger partial charge in [-0.3, -0.25) is 14.2 Å². The molecule has 25 heavy (non-hydrogen) atoms. The maximum atomic E-state index is 12.9. The van der Waals surface area contributed by atoms with Gasteiger partial charge in [-0.25, -0.2) is 4.98 Å². The van der Waals surface area contributed by atoms with Gasteiger partial charge in [0, 0.05) is 13.1 Å². The van der Waals surface area contributed by atoms with Crippen LogP contribution in [0.5, 0.6) is 0 Å². The Morgan fingerprint density at radius 1 is 1.24 bits per heavy atom. The van der Waals surface area contributed by atoms with Crippen molar-refractivity contribution in [3.8, 4) is 0 Å². The van der Waals surface area contributed by atoms with Crippen molar-refractivity contribution >= 4 is 28.6 Å². The van der Waals surface area contributed by atoms with E-state index in [4.69, 9.17) is 0 Å². The van der Waals surface area contributed by atoms with Gasteiger partial charge in [-0.2, -0.15) is 0 Å². The number of rotatable bonds is 9. The molecular formula is C19H27N3O2S. The molecule has 1 amide bonds. The minimum absolute atomic E-state index is 0.0206. The minimum Gasteiger partial charge on any atom is -0.355 e. The lowest BCUT2D eigenvalue weighted by atomic mass is 10.2. The summed E-state index contributed by atoms with van der Waals surface area (Å²) in [7, 11) is 0. The number of unbranched alkanes of at least 4 members (excludes halogenated alkanes) is 3. The number of amides is 1. The SMILES string of the molecule is CCCCCCn1c(SC(C)C(=O)NCC)nc2ccccc2c1=O. The van der Waals surface area contributed by atoms with Gasteiger partial charge >= 0.3 is 0 Å². The van der Waals surface area contributed by atoms with Crippen LogP contribution in [-0.2, 0) is 11.3 Å². The number of aromatic nitrogens is 2. The van der Waals surface area contributed by atoms with E-state index in [2.05, 4.69) is 17.2 Å². The number of carbonyl (C=O) groups excluding carboxylic acids is 1. The van der Waals surface area contributed by atoms with Gasteiger partial charge in [-0.1, -0.05) is 50.1 Å². The van der Waals surface area contributed by atoms with Gasteiger partial charge in [0.25, 0.3) is 5.56 Å². The summed E-state index contributed by atoms with van der Waals surface area (Å²) in [6.45, 7) is 7.14. The molecule has 6 heteroatoms. The van der Waals surface area contributed by atoms with Crippen molar-refractivity contribution < 1.29 is 4.79 Å². The Hall–Kier alpha value is -1.82. The number of thioether (sulfide) groups is 1. The molecule has 1 aromatic carbocycles. The second-order valence-electron chi connectivity index (χ2n) is 6.08. The van der Waals surface area contributed by atoms with E-state index in [9.17, 15) is 9.59 Å². The Morgan fingerprint density at radius 2 is 2.00 bits per heavy atom. The van der Waals surface area contributed by atoms with Gasteiger partial charge in [-0.05, 0) is 32.4 Å². The van der Waals surface area contributed by atoms with Crippen molar-refractivity contribution in [2.24, 2.45) is 0 Å². The number of hydrogen-bond donors (Lipinski definition) is 1. The van der Waals surface area contributed by atoms with Crippen molar-refractivity contribution in [1.82, 2.24) is 14.9 Å². The molecule has 5 nitrogen and oxygen atoms in total. The summed E-state index contributed by atoms with van der Waals surface area (Å²) in [6.07, 6.45) is 4.34. The van der Waals surface area contributed by atoms with Gasteiger partial charge in [0.2, 0.25) is 5.91 Å². The van der Waals surface area contributed by atoms with E-state index in [0.717, 1.165) is 25.7 Å². The van der Waals surface area contributed by atoms with Crippen LogP contribution in [0.2, 0.25) is 0 Å². The first-order chi connectivity index (χ1) is 12.1. The molecule has 0 aliphatic heterocycles. The van der Waals surface area contributed by atoms with E-state index < -0.39 is 0 Å². The Balaban J connectivity index is 2.34. The molecule has 1 atom stereocenters. The van der Waals surface area contributed by atoms with Crippen molar-refractivity contribution in [3.63, 3.8) is 0 Å². The zero-order chi connectivity index (χ0) is 18.2. The van der Waals surface area contributed by atoms with E-state index in [0.29, 0.717) is 29.1 Å². The number of nitrogens with zero attached hydrogens (tertiary/aromatic N) is 2. The van der Waals surface area contributed by atoms with E-state index in [1.807, 2.05) is 38.1 Å². The average molecular weight is 362 g/mol. The van der Waals surface area contributed by atoms with Crippen LogP contribution in [0.3, 0.4) is 0 Å². The number of para-hydroxylation sites is 1. The van der Waals surface area contributed by atoms with Crippen LogP contribution in [-0.4, -0.2) is 27.3 Å². The average Bonchev–Trinajstić information content (AvgIpc) is 2.61. The van der Waals surface area contributed by atoms with Crippen LogP contribution in [0, 0.1) is 0 Å². The smallest absolute Gasteiger partial charge is 0.262 e. The molecule has 1 heterocycles. The fourth-order valence-corrected chi connectivity index (χ4v) is 3.62. The van der Waals surface area contributed by atoms with Gasteiger partial charge in [-0.15, -0.1) is 0 Å². The fraction of sp³-hybridized carbons (Fsp3) is 0.526. The predicted molar refractivity (Wildman–Crippen MR) is 104 cm³/mol. The standard InChI is InChI=1S/C19H27N3O2S/c1-4-6-7-10-13-22-18(24)15-11-8-9-12-16(15)21-19(22)25-14(3)17(23)20-5-2/h8-9,11-12,14H,4-7,10,13H2,1-3H3,(H,20,23). The van der Waals surface area contributed by atoms with Crippen LogP contribution in [0.15, 0.2) is 34.2 Å². The van der Waals surface area contributed by atoms with Crippen molar-refractivity contribution in [3.05, 3.63) is 34.6 Å². The predicted octanol–water partition coefficient (Wildman–Crippen LogP) is 3.59. The molecule has 0 fully saturated rings. The topological polar surface area (TPSA) is 64.0 Å². The molecule has 0 spiro atoms. The number of hydrogen-bond acceptors (Lipinski definition) is 4. The largest absolute Gasteiger partial charge is 0.355 e. The summed E-state index contributed by atoms with van der Waals surface area (Å²) in [4.78, 5) is 29.6. The summed E-state index contributed by atoms with van der Waals surface area (Å²) in [5.41, 5.74) is 0.663. The van der Waals surface area contributed by atoms with Gasteiger partial charge in [0.05, 0.1) is 16.2 Å². The Kier molecular flexibility index (Phi) is 7.50. The molecule has 2 rings (SSSR count).